The molecule has 1 aliphatic heterocycles. The number of rotatable bonds is 3. The Morgan fingerprint density at radius 3 is 2.93 bits per heavy atom. The van der Waals surface area contributed by atoms with Gasteiger partial charge in [0.25, 0.3) is 6.43 Å². The van der Waals surface area contributed by atoms with Crippen LogP contribution in [0, 0.1) is 5.92 Å². The second kappa shape index (κ2) is 5.24. The zero-order chi connectivity index (χ0) is 10.6. The molecule has 1 heterocycles. The molecule has 2 N–H and O–H groups in total. The molecule has 1 aliphatic rings. The van der Waals surface area contributed by atoms with Crippen molar-refractivity contribution in [3.63, 3.8) is 0 Å². The van der Waals surface area contributed by atoms with Crippen LogP contribution in [0.1, 0.15) is 19.8 Å². The SMILES string of the molecule is CC1NCCCC1C(=O)NCC(F)F. The topological polar surface area (TPSA) is 41.1 Å². The minimum atomic E-state index is -2.47. The summed E-state index contributed by atoms with van der Waals surface area (Å²) >= 11 is 0. The summed E-state index contributed by atoms with van der Waals surface area (Å²) in [5.41, 5.74) is 0. The van der Waals surface area contributed by atoms with Gasteiger partial charge in [0, 0.05) is 6.04 Å². The zero-order valence-electron chi connectivity index (χ0n) is 8.22. The minimum absolute atomic E-state index is 0.0847. The van der Waals surface area contributed by atoms with Crippen LogP contribution >= 0.6 is 0 Å². The molecule has 1 amide bonds. The predicted octanol–water partition coefficient (Wildman–Crippen LogP) is 0.756. The van der Waals surface area contributed by atoms with Gasteiger partial charge < -0.3 is 10.6 Å². The maximum atomic E-state index is 11.8. The Morgan fingerprint density at radius 2 is 2.36 bits per heavy atom. The van der Waals surface area contributed by atoms with Gasteiger partial charge in [-0.2, -0.15) is 0 Å². The Hall–Kier alpha value is -0.710. The van der Waals surface area contributed by atoms with Crippen LogP contribution in [-0.2, 0) is 4.79 Å². The minimum Gasteiger partial charge on any atom is -0.350 e. The van der Waals surface area contributed by atoms with Crippen LogP contribution in [0.3, 0.4) is 0 Å². The number of halogens is 2. The Morgan fingerprint density at radius 1 is 1.64 bits per heavy atom. The molecule has 1 fully saturated rings. The first kappa shape index (κ1) is 11.4. The van der Waals surface area contributed by atoms with Crippen LogP contribution in [0.25, 0.3) is 0 Å². The van der Waals surface area contributed by atoms with Gasteiger partial charge in [-0.1, -0.05) is 0 Å². The molecule has 0 aromatic carbocycles. The summed E-state index contributed by atoms with van der Waals surface area (Å²) in [6, 6.07) is 0.0847. The molecule has 14 heavy (non-hydrogen) atoms. The lowest BCUT2D eigenvalue weighted by atomic mass is 9.91. The summed E-state index contributed by atoms with van der Waals surface area (Å²) in [5, 5.41) is 5.41. The molecule has 0 aromatic heterocycles. The van der Waals surface area contributed by atoms with Crippen molar-refractivity contribution in [3.8, 4) is 0 Å². The third kappa shape index (κ3) is 3.21. The van der Waals surface area contributed by atoms with Crippen LogP contribution in [0.2, 0.25) is 0 Å². The van der Waals surface area contributed by atoms with Crippen molar-refractivity contribution in [2.45, 2.75) is 32.2 Å². The van der Waals surface area contributed by atoms with Crippen molar-refractivity contribution in [1.29, 1.82) is 0 Å². The first-order valence-corrected chi connectivity index (χ1v) is 4.90. The van der Waals surface area contributed by atoms with Gasteiger partial charge in [0.2, 0.25) is 5.91 Å². The van der Waals surface area contributed by atoms with Crippen LogP contribution in [0.4, 0.5) is 8.78 Å². The monoisotopic (exact) mass is 206 g/mol. The molecule has 1 rings (SSSR count). The number of carbonyl (C=O) groups is 1. The highest BCUT2D eigenvalue weighted by molar-refractivity contribution is 5.79. The van der Waals surface area contributed by atoms with E-state index >= 15 is 0 Å². The van der Waals surface area contributed by atoms with Gasteiger partial charge in [-0.15, -0.1) is 0 Å². The molecule has 0 spiro atoms. The second-order valence-electron chi connectivity index (χ2n) is 3.63. The second-order valence-corrected chi connectivity index (χ2v) is 3.63. The molecule has 82 valence electrons. The molecule has 3 nitrogen and oxygen atoms in total. The highest BCUT2D eigenvalue weighted by atomic mass is 19.3. The predicted molar refractivity (Wildman–Crippen MR) is 49.2 cm³/mol. The largest absolute Gasteiger partial charge is 0.350 e. The lowest BCUT2D eigenvalue weighted by Gasteiger charge is -2.28. The number of hydrogen-bond acceptors (Lipinski definition) is 2. The van der Waals surface area contributed by atoms with Crippen molar-refractivity contribution in [1.82, 2.24) is 10.6 Å². The van der Waals surface area contributed by atoms with E-state index in [9.17, 15) is 13.6 Å². The summed E-state index contributed by atoms with van der Waals surface area (Å²) in [7, 11) is 0. The van der Waals surface area contributed by atoms with Gasteiger partial charge in [0.15, 0.2) is 0 Å². The Kier molecular flexibility index (Phi) is 4.25. The summed E-state index contributed by atoms with van der Waals surface area (Å²) in [4.78, 5) is 11.4. The smallest absolute Gasteiger partial charge is 0.255 e. The van der Waals surface area contributed by atoms with Crippen LogP contribution in [0.15, 0.2) is 0 Å². The average Bonchev–Trinajstić information content (AvgIpc) is 2.15. The standard InChI is InChI=1S/C9H16F2N2O/c1-6-7(3-2-4-12-6)9(14)13-5-8(10)11/h6-8,12H,2-5H2,1H3,(H,13,14). The van der Waals surface area contributed by atoms with Crippen LogP contribution in [-0.4, -0.2) is 31.5 Å². The van der Waals surface area contributed by atoms with Gasteiger partial charge in [0.1, 0.15) is 0 Å². The molecule has 0 radical (unpaired) electrons. The van der Waals surface area contributed by atoms with Gasteiger partial charge in [-0.05, 0) is 26.3 Å². The summed E-state index contributed by atoms with van der Waals surface area (Å²) in [5.74, 6) is -0.424. The van der Waals surface area contributed by atoms with E-state index in [0.717, 1.165) is 19.4 Å². The molecule has 2 atom stereocenters. The molecule has 0 saturated carbocycles. The van der Waals surface area contributed by atoms with Gasteiger partial charge in [0.05, 0.1) is 12.5 Å². The number of hydrogen-bond donors (Lipinski definition) is 2. The fourth-order valence-electron chi connectivity index (χ4n) is 1.71. The number of alkyl halides is 2. The van der Waals surface area contributed by atoms with E-state index < -0.39 is 13.0 Å². The maximum Gasteiger partial charge on any atom is 0.255 e. The Bertz CT molecular complexity index is 199. The molecular formula is C9H16F2N2O. The Balaban J connectivity index is 2.34. The van der Waals surface area contributed by atoms with E-state index in [1.54, 1.807) is 0 Å². The first-order valence-electron chi connectivity index (χ1n) is 4.90. The number of amides is 1. The summed E-state index contributed by atoms with van der Waals surface area (Å²) in [6.07, 6.45) is -0.758. The van der Waals surface area contributed by atoms with Crippen LogP contribution < -0.4 is 10.6 Å². The molecular weight excluding hydrogens is 190 g/mol. The molecule has 0 aromatic rings. The number of nitrogens with one attached hydrogen (secondary N) is 2. The molecule has 0 aliphatic carbocycles. The summed E-state index contributed by atoms with van der Waals surface area (Å²) in [6.45, 7) is 2.27. The normalized spacial score (nSPS) is 27.7. The van der Waals surface area contributed by atoms with E-state index in [4.69, 9.17) is 0 Å². The third-order valence-corrected chi connectivity index (χ3v) is 2.53. The quantitative estimate of drug-likeness (QED) is 0.715. The van der Waals surface area contributed by atoms with E-state index in [2.05, 4.69) is 10.6 Å². The van der Waals surface area contributed by atoms with E-state index in [1.807, 2.05) is 6.92 Å². The summed E-state index contributed by atoms with van der Waals surface area (Å²) < 4.78 is 23.7. The van der Waals surface area contributed by atoms with Crippen molar-refractivity contribution < 1.29 is 13.6 Å². The fraction of sp³-hybridized carbons (Fsp3) is 0.889. The van der Waals surface area contributed by atoms with Gasteiger partial charge in [-0.3, -0.25) is 4.79 Å². The van der Waals surface area contributed by atoms with E-state index in [-0.39, 0.29) is 17.9 Å². The highest BCUT2D eigenvalue weighted by Gasteiger charge is 2.27. The van der Waals surface area contributed by atoms with Crippen molar-refractivity contribution in [2.24, 2.45) is 5.92 Å². The highest BCUT2D eigenvalue weighted by Crippen LogP contribution is 2.16. The molecule has 0 bridgehead atoms. The lowest BCUT2D eigenvalue weighted by Crippen LogP contribution is -2.47. The number of carbonyl (C=O) groups excluding carboxylic acids is 1. The molecule has 5 heteroatoms. The Labute approximate surface area is 82.2 Å². The average molecular weight is 206 g/mol. The third-order valence-electron chi connectivity index (χ3n) is 2.53. The zero-order valence-corrected chi connectivity index (χ0v) is 8.22. The number of piperidine rings is 1. The first-order chi connectivity index (χ1) is 6.61. The van der Waals surface area contributed by atoms with E-state index in [0.29, 0.717) is 0 Å². The lowest BCUT2D eigenvalue weighted by molar-refractivity contribution is -0.127. The van der Waals surface area contributed by atoms with E-state index in [1.165, 1.54) is 0 Å². The molecule has 2 unspecified atom stereocenters. The maximum absolute atomic E-state index is 11.8. The van der Waals surface area contributed by atoms with Gasteiger partial charge >= 0.3 is 0 Å². The fourth-order valence-corrected chi connectivity index (χ4v) is 1.71. The van der Waals surface area contributed by atoms with Crippen molar-refractivity contribution in [3.05, 3.63) is 0 Å². The van der Waals surface area contributed by atoms with Crippen molar-refractivity contribution in [2.75, 3.05) is 13.1 Å². The van der Waals surface area contributed by atoms with Crippen molar-refractivity contribution >= 4 is 5.91 Å². The molecule has 1 saturated heterocycles. The van der Waals surface area contributed by atoms with Gasteiger partial charge in [-0.25, -0.2) is 8.78 Å². The van der Waals surface area contributed by atoms with Crippen LogP contribution in [0.5, 0.6) is 0 Å².